The van der Waals surface area contributed by atoms with Crippen molar-refractivity contribution < 1.29 is 0 Å². The van der Waals surface area contributed by atoms with Crippen LogP contribution >= 0.6 is 0 Å². The van der Waals surface area contributed by atoms with Gasteiger partial charge in [-0.3, -0.25) is 0 Å². The van der Waals surface area contributed by atoms with Crippen LogP contribution in [0.15, 0.2) is 72.8 Å². The maximum atomic E-state index is 2.75. The third-order valence-corrected chi connectivity index (χ3v) is 6.75. The van der Waals surface area contributed by atoms with Gasteiger partial charge in [-0.05, 0) is 65.5 Å². The summed E-state index contributed by atoms with van der Waals surface area (Å²) in [5, 5.41) is 0. The minimum Gasteiger partial charge on any atom is -0.368 e. The van der Waals surface area contributed by atoms with Gasteiger partial charge in [-0.15, -0.1) is 0 Å². The van der Waals surface area contributed by atoms with Crippen molar-refractivity contribution >= 4 is 5.69 Å². The van der Waals surface area contributed by atoms with E-state index in [9.17, 15) is 0 Å². The molecule has 0 amide bonds. The van der Waals surface area contributed by atoms with E-state index >= 15 is 0 Å². The Kier molecular flexibility index (Phi) is 4.91. The molecule has 5 rings (SSSR count). The van der Waals surface area contributed by atoms with E-state index in [2.05, 4.69) is 91.5 Å². The van der Waals surface area contributed by atoms with Crippen LogP contribution in [0, 0.1) is 5.92 Å². The molecule has 0 spiro atoms. The standard InChI is InChI=1S/C28H31N/c1-20(2)19-22-13-8-9-18-29(22)26-17-10-16-25-23-14-6-7-15-24(23)27(28(25)26)21-11-4-3-5-12-21/h3-7,10-12,14-17,20,22,27H,8-9,13,18-19H2,1-2H3. The highest BCUT2D eigenvalue weighted by atomic mass is 15.2. The summed E-state index contributed by atoms with van der Waals surface area (Å²) < 4.78 is 0. The van der Waals surface area contributed by atoms with Crippen LogP contribution in [-0.4, -0.2) is 12.6 Å². The molecule has 0 saturated carbocycles. The summed E-state index contributed by atoms with van der Waals surface area (Å²) in [5.74, 6) is 1.07. The predicted molar refractivity (Wildman–Crippen MR) is 124 cm³/mol. The molecule has 1 heterocycles. The normalized spacial score (nSPS) is 20.6. The van der Waals surface area contributed by atoms with E-state index in [4.69, 9.17) is 0 Å². The summed E-state index contributed by atoms with van der Waals surface area (Å²) in [6.45, 7) is 5.92. The molecule has 0 bridgehead atoms. The van der Waals surface area contributed by atoms with Gasteiger partial charge in [-0.1, -0.05) is 80.6 Å². The van der Waals surface area contributed by atoms with Gasteiger partial charge in [-0.2, -0.15) is 0 Å². The molecule has 3 aromatic rings. The van der Waals surface area contributed by atoms with Crippen LogP contribution in [0.25, 0.3) is 11.1 Å². The van der Waals surface area contributed by atoms with Crippen LogP contribution in [-0.2, 0) is 0 Å². The van der Waals surface area contributed by atoms with E-state index in [-0.39, 0.29) is 0 Å². The van der Waals surface area contributed by atoms with Crippen molar-refractivity contribution in [2.75, 3.05) is 11.4 Å². The Balaban J connectivity index is 1.68. The summed E-state index contributed by atoms with van der Waals surface area (Å²) >= 11 is 0. The molecule has 2 atom stereocenters. The molecular formula is C28H31N. The molecule has 0 N–H and O–H groups in total. The van der Waals surface area contributed by atoms with Crippen molar-refractivity contribution in [3.63, 3.8) is 0 Å². The number of benzene rings is 3. The zero-order valence-electron chi connectivity index (χ0n) is 17.6. The van der Waals surface area contributed by atoms with Crippen LogP contribution < -0.4 is 4.90 Å². The Labute approximate surface area is 175 Å². The first kappa shape index (κ1) is 18.5. The van der Waals surface area contributed by atoms with Crippen LogP contribution in [0.4, 0.5) is 5.69 Å². The molecule has 0 aromatic heterocycles. The molecule has 1 aliphatic carbocycles. The van der Waals surface area contributed by atoms with Crippen molar-refractivity contribution in [2.24, 2.45) is 5.92 Å². The number of hydrogen-bond acceptors (Lipinski definition) is 1. The summed E-state index contributed by atoms with van der Waals surface area (Å²) in [5.41, 5.74) is 8.70. The lowest BCUT2D eigenvalue weighted by molar-refractivity contribution is 0.393. The summed E-state index contributed by atoms with van der Waals surface area (Å²) in [7, 11) is 0. The van der Waals surface area contributed by atoms with E-state index in [1.165, 1.54) is 65.7 Å². The summed E-state index contributed by atoms with van der Waals surface area (Å²) in [6, 6.07) is 27.8. The fourth-order valence-corrected chi connectivity index (χ4v) is 5.59. The quantitative estimate of drug-likeness (QED) is 0.360. The Morgan fingerprint density at radius 1 is 0.828 bits per heavy atom. The average molecular weight is 382 g/mol. The van der Waals surface area contributed by atoms with Gasteiger partial charge < -0.3 is 4.90 Å². The average Bonchev–Trinajstić information content (AvgIpc) is 3.09. The minimum atomic E-state index is 0.334. The molecule has 2 unspecified atom stereocenters. The van der Waals surface area contributed by atoms with E-state index in [1.807, 2.05) is 0 Å². The number of piperidine rings is 1. The number of anilines is 1. The van der Waals surface area contributed by atoms with Gasteiger partial charge in [0, 0.05) is 24.2 Å². The van der Waals surface area contributed by atoms with Gasteiger partial charge in [0.25, 0.3) is 0 Å². The predicted octanol–water partition coefficient (Wildman–Crippen LogP) is 7.25. The molecule has 0 radical (unpaired) electrons. The van der Waals surface area contributed by atoms with E-state index < -0.39 is 0 Å². The highest BCUT2D eigenvalue weighted by Gasteiger charge is 2.35. The van der Waals surface area contributed by atoms with Gasteiger partial charge >= 0.3 is 0 Å². The number of rotatable bonds is 4. The fourth-order valence-electron chi connectivity index (χ4n) is 5.59. The Morgan fingerprint density at radius 2 is 1.59 bits per heavy atom. The van der Waals surface area contributed by atoms with Crippen molar-refractivity contribution in [2.45, 2.75) is 51.5 Å². The zero-order valence-corrected chi connectivity index (χ0v) is 17.6. The Morgan fingerprint density at radius 3 is 2.41 bits per heavy atom. The van der Waals surface area contributed by atoms with Crippen LogP contribution in [0.3, 0.4) is 0 Å². The topological polar surface area (TPSA) is 3.24 Å². The lowest BCUT2D eigenvalue weighted by atomic mass is 9.86. The maximum absolute atomic E-state index is 2.75. The van der Waals surface area contributed by atoms with Crippen LogP contribution in [0.2, 0.25) is 0 Å². The minimum absolute atomic E-state index is 0.334. The number of nitrogens with zero attached hydrogens (tertiary/aromatic N) is 1. The maximum Gasteiger partial charge on any atom is 0.0417 e. The molecule has 1 fully saturated rings. The molecule has 3 aromatic carbocycles. The van der Waals surface area contributed by atoms with E-state index in [1.54, 1.807) is 0 Å². The smallest absolute Gasteiger partial charge is 0.0417 e. The van der Waals surface area contributed by atoms with Crippen molar-refractivity contribution in [3.8, 4) is 11.1 Å². The second-order valence-corrected chi connectivity index (χ2v) is 9.14. The molecular weight excluding hydrogens is 350 g/mol. The van der Waals surface area contributed by atoms with Gasteiger partial charge in [0.15, 0.2) is 0 Å². The molecule has 148 valence electrons. The number of hydrogen-bond donors (Lipinski definition) is 0. The van der Waals surface area contributed by atoms with Gasteiger partial charge in [0.05, 0.1) is 0 Å². The van der Waals surface area contributed by atoms with E-state index in [0.29, 0.717) is 12.0 Å². The Hall–Kier alpha value is -2.54. The Bertz CT molecular complexity index is 988. The summed E-state index contributed by atoms with van der Waals surface area (Å²) in [4.78, 5) is 2.75. The van der Waals surface area contributed by atoms with Gasteiger partial charge in [-0.25, -0.2) is 0 Å². The first-order valence-corrected chi connectivity index (χ1v) is 11.3. The highest BCUT2D eigenvalue weighted by molar-refractivity contribution is 5.86. The first-order chi connectivity index (χ1) is 14.2. The number of fused-ring (bicyclic) bond motifs is 3. The molecule has 2 aliphatic rings. The van der Waals surface area contributed by atoms with Crippen molar-refractivity contribution in [1.82, 2.24) is 0 Å². The fraction of sp³-hybridized carbons (Fsp3) is 0.357. The highest BCUT2D eigenvalue weighted by Crippen LogP contribution is 2.52. The van der Waals surface area contributed by atoms with Gasteiger partial charge in [0.2, 0.25) is 0 Å². The second-order valence-electron chi connectivity index (χ2n) is 9.14. The van der Waals surface area contributed by atoms with Crippen molar-refractivity contribution in [3.05, 3.63) is 89.5 Å². The lowest BCUT2D eigenvalue weighted by Gasteiger charge is -2.40. The molecule has 1 saturated heterocycles. The summed E-state index contributed by atoms with van der Waals surface area (Å²) in [6.07, 6.45) is 5.28. The SMILES string of the molecule is CC(C)CC1CCCCN1c1cccc2c1C(c1ccccc1)c1ccccc1-2. The third-order valence-electron chi connectivity index (χ3n) is 6.75. The van der Waals surface area contributed by atoms with E-state index in [0.717, 1.165) is 5.92 Å². The molecule has 1 heteroatoms. The lowest BCUT2D eigenvalue weighted by Crippen LogP contribution is -2.41. The molecule has 1 aliphatic heterocycles. The monoisotopic (exact) mass is 381 g/mol. The second kappa shape index (κ2) is 7.71. The zero-order chi connectivity index (χ0) is 19.8. The van der Waals surface area contributed by atoms with Crippen LogP contribution in [0.1, 0.15) is 62.1 Å². The largest absolute Gasteiger partial charge is 0.368 e. The molecule has 29 heavy (non-hydrogen) atoms. The van der Waals surface area contributed by atoms with Crippen LogP contribution in [0.5, 0.6) is 0 Å². The first-order valence-electron chi connectivity index (χ1n) is 11.3. The third kappa shape index (κ3) is 3.27. The van der Waals surface area contributed by atoms with Crippen molar-refractivity contribution in [1.29, 1.82) is 0 Å². The van der Waals surface area contributed by atoms with Gasteiger partial charge in [0.1, 0.15) is 0 Å². The molecule has 1 nitrogen and oxygen atoms in total.